The van der Waals surface area contributed by atoms with E-state index < -0.39 is 0 Å². The summed E-state index contributed by atoms with van der Waals surface area (Å²) in [6.07, 6.45) is 2.98. The molecule has 130 valence electrons. The summed E-state index contributed by atoms with van der Waals surface area (Å²) < 4.78 is 7.40. The van der Waals surface area contributed by atoms with Crippen molar-refractivity contribution in [2.75, 3.05) is 6.61 Å². The summed E-state index contributed by atoms with van der Waals surface area (Å²) in [7, 11) is 0. The van der Waals surface area contributed by atoms with Crippen LogP contribution in [-0.4, -0.2) is 18.2 Å². The highest BCUT2D eigenvalue weighted by atomic mass is 79.9. The Morgan fingerprint density at radius 2 is 2.04 bits per heavy atom. The van der Waals surface area contributed by atoms with E-state index in [2.05, 4.69) is 54.5 Å². The SMILES string of the molecule is Cc1cc(Br)cc(Br)c1OCC(=O)N/N=C1/CCCc2ccccc21. The normalized spacial score (nSPS) is 14.9. The van der Waals surface area contributed by atoms with E-state index in [-0.39, 0.29) is 12.5 Å². The molecule has 0 fully saturated rings. The summed E-state index contributed by atoms with van der Waals surface area (Å²) in [6.45, 7) is 1.85. The highest BCUT2D eigenvalue weighted by Gasteiger charge is 2.15. The van der Waals surface area contributed by atoms with Crippen LogP contribution in [0, 0.1) is 6.92 Å². The largest absolute Gasteiger partial charge is 0.482 e. The molecule has 0 atom stereocenters. The van der Waals surface area contributed by atoms with Gasteiger partial charge in [0.05, 0.1) is 10.2 Å². The standard InChI is InChI=1S/C19H18Br2N2O2/c1-12-9-14(20)10-16(21)19(12)25-11-18(24)23-22-17-8-4-6-13-5-2-3-7-15(13)17/h2-3,5,7,9-10H,4,6,8,11H2,1H3,(H,23,24)/b22-17-. The van der Waals surface area contributed by atoms with Gasteiger partial charge in [-0.3, -0.25) is 4.79 Å². The summed E-state index contributed by atoms with van der Waals surface area (Å²) >= 11 is 6.88. The molecule has 0 aromatic heterocycles. The van der Waals surface area contributed by atoms with Crippen LogP contribution in [0.4, 0.5) is 0 Å². The molecule has 3 rings (SSSR count). The third kappa shape index (κ3) is 4.50. The van der Waals surface area contributed by atoms with E-state index in [4.69, 9.17) is 4.74 Å². The Kier molecular flexibility index (Phi) is 5.91. The number of aryl methyl sites for hydroxylation is 2. The zero-order chi connectivity index (χ0) is 17.8. The molecule has 0 saturated carbocycles. The Labute approximate surface area is 163 Å². The molecule has 2 aromatic carbocycles. The molecule has 0 spiro atoms. The van der Waals surface area contributed by atoms with E-state index in [1.54, 1.807) is 0 Å². The van der Waals surface area contributed by atoms with Crippen LogP contribution in [0.25, 0.3) is 0 Å². The average Bonchev–Trinajstić information content (AvgIpc) is 2.59. The summed E-state index contributed by atoms with van der Waals surface area (Å²) in [6, 6.07) is 12.0. The number of amides is 1. The van der Waals surface area contributed by atoms with Gasteiger partial charge >= 0.3 is 0 Å². The minimum Gasteiger partial charge on any atom is -0.482 e. The van der Waals surface area contributed by atoms with Crippen LogP contribution in [0.2, 0.25) is 0 Å². The quantitative estimate of drug-likeness (QED) is 0.662. The van der Waals surface area contributed by atoms with Crippen molar-refractivity contribution in [2.45, 2.75) is 26.2 Å². The van der Waals surface area contributed by atoms with Crippen LogP contribution in [0.15, 0.2) is 50.4 Å². The Morgan fingerprint density at radius 1 is 1.24 bits per heavy atom. The number of rotatable bonds is 4. The van der Waals surface area contributed by atoms with Gasteiger partial charge in [0, 0.05) is 10.0 Å². The van der Waals surface area contributed by atoms with Crippen molar-refractivity contribution in [2.24, 2.45) is 5.10 Å². The van der Waals surface area contributed by atoms with Crippen molar-refractivity contribution in [3.8, 4) is 5.75 Å². The zero-order valence-corrected chi connectivity index (χ0v) is 17.0. The second-order valence-corrected chi connectivity index (χ2v) is 7.70. The molecule has 0 heterocycles. The van der Waals surface area contributed by atoms with Gasteiger partial charge in [-0.2, -0.15) is 5.10 Å². The lowest BCUT2D eigenvalue weighted by molar-refractivity contribution is -0.123. The highest BCUT2D eigenvalue weighted by molar-refractivity contribution is 9.11. The summed E-state index contributed by atoms with van der Waals surface area (Å²) in [4.78, 5) is 12.1. The molecule has 1 amide bonds. The first kappa shape index (κ1) is 18.1. The number of hydrogen-bond acceptors (Lipinski definition) is 3. The fraction of sp³-hybridized carbons (Fsp3) is 0.263. The van der Waals surface area contributed by atoms with Gasteiger partial charge in [0.15, 0.2) is 6.61 Å². The average molecular weight is 466 g/mol. The van der Waals surface area contributed by atoms with Crippen LogP contribution in [0.1, 0.15) is 29.5 Å². The summed E-state index contributed by atoms with van der Waals surface area (Å²) in [5, 5.41) is 4.31. The molecule has 1 aliphatic rings. The van der Waals surface area contributed by atoms with Gasteiger partial charge in [-0.15, -0.1) is 0 Å². The molecule has 0 saturated heterocycles. The molecule has 0 radical (unpaired) electrons. The topological polar surface area (TPSA) is 50.7 Å². The van der Waals surface area contributed by atoms with Gasteiger partial charge in [0.25, 0.3) is 5.91 Å². The Morgan fingerprint density at radius 3 is 2.84 bits per heavy atom. The predicted octanol–water partition coefficient (Wildman–Crippen LogP) is 4.76. The number of hydrazone groups is 1. The third-order valence-electron chi connectivity index (χ3n) is 4.05. The lowest BCUT2D eigenvalue weighted by Gasteiger charge is -2.17. The molecule has 1 aliphatic carbocycles. The number of benzene rings is 2. The van der Waals surface area contributed by atoms with E-state index in [1.165, 1.54) is 5.56 Å². The molecule has 0 aliphatic heterocycles. The van der Waals surface area contributed by atoms with Crippen LogP contribution in [0.3, 0.4) is 0 Å². The molecule has 0 bridgehead atoms. The van der Waals surface area contributed by atoms with Crippen molar-refractivity contribution < 1.29 is 9.53 Å². The number of ether oxygens (including phenoxy) is 1. The molecular weight excluding hydrogens is 448 g/mol. The Balaban J connectivity index is 1.63. The molecule has 25 heavy (non-hydrogen) atoms. The van der Waals surface area contributed by atoms with Gasteiger partial charge < -0.3 is 4.74 Å². The van der Waals surface area contributed by atoms with Crippen LogP contribution in [-0.2, 0) is 11.2 Å². The minimum atomic E-state index is -0.273. The minimum absolute atomic E-state index is 0.0838. The van der Waals surface area contributed by atoms with E-state index in [1.807, 2.05) is 31.2 Å². The molecular formula is C19H18Br2N2O2. The first-order valence-corrected chi connectivity index (χ1v) is 9.65. The molecule has 2 aromatic rings. The number of halogens is 2. The molecule has 6 heteroatoms. The van der Waals surface area contributed by atoms with Crippen molar-refractivity contribution in [3.05, 3.63) is 62.0 Å². The number of carbonyl (C=O) groups excluding carboxylic acids is 1. The number of nitrogens with one attached hydrogen (secondary N) is 1. The maximum atomic E-state index is 12.1. The van der Waals surface area contributed by atoms with Gasteiger partial charge in [-0.05, 0) is 65.4 Å². The summed E-state index contributed by atoms with van der Waals surface area (Å²) in [5.74, 6) is 0.388. The van der Waals surface area contributed by atoms with E-state index in [9.17, 15) is 4.79 Å². The first-order chi connectivity index (χ1) is 12.0. The zero-order valence-electron chi connectivity index (χ0n) is 13.8. The fourth-order valence-electron chi connectivity index (χ4n) is 2.89. The third-order valence-corrected chi connectivity index (χ3v) is 5.09. The van der Waals surface area contributed by atoms with Crippen molar-refractivity contribution >= 4 is 43.5 Å². The monoisotopic (exact) mass is 464 g/mol. The molecule has 4 nitrogen and oxygen atoms in total. The Hall–Kier alpha value is -1.66. The van der Waals surface area contributed by atoms with Gasteiger partial charge in [0.2, 0.25) is 0 Å². The van der Waals surface area contributed by atoms with E-state index in [0.29, 0.717) is 5.75 Å². The van der Waals surface area contributed by atoms with Crippen molar-refractivity contribution in [1.29, 1.82) is 0 Å². The van der Waals surface area contributed by atoms with Gasteiger partial charge in [-0.1, -0.05) is 40.2 Å². The van der Waals surface area contributed by atoms with Crippen LogP contribution >= 0.6 is 31.9 Å². The summed E-state index contributed by atoms with van der Waals surface area (Å²) in [5.41, 5.74) is 6.90. The van der Waals surface area contributed by atoms with E-state index >= 15 is 0 Å². The van der Waals surface area contributed by atoms with Crippen LogP contribution in [0.5, 0.6) is 5.75 Å². The lowest BCUT2D eigenvalue weighted by Crippen LogP contribution is -2.27. The van der Waals surface area contributed by atoms with Crippen molar-refractivity contribution in [3.63, 3.8) is 0 Å². The highest BCUT2D eigenvalue weighted by Crippen LogP contribution is 2.32. The van der Waals surface area contributed by atoms with Crippen molar-refractivity contribution in [1.82, 2.24) is 5.43 Å². The smallest absolute Gasteiger partial charge is 0.277 e. The number of nitrogens with zero attached hydrogens (tertiary/aromatic N) is 1. The second kappa shape index (κ2) is 8.15. The molecule has 1 N–H and O–H groups in total. The molecule has 0 unspecified atom stereocenters. The van der Waals surface area contributed by atoms with Gasteiger partial charge in [-0.25, -0.2) is 5.43 Å². The number of fused-ring (bicyclic) bond motifs is 1. The second-order valence-electron chi connectivity index (χ2n) is 5.93. The number of carbonyl (C=O) groups is 1. The Bertz CT molecular complexity index is 811. The maximum Gasteiger partial charge on any atom is 0.277 e. The predicted molar refractivity (Wildman–Crippen MR) is 106 cm³/mol. The lowest BCUT2D eigenvalue weighted by atomic mass is 9.90. The van der Waals surface area contributed by atoms with Gasteiger partial charge in [0.1, 0.15) is 5.75 Å². The van der Waals surface area contributed by atoms with E-state index in [0.717, 1.165) is 45.0 Å². The maximum absolute atomic E-state index is 12.1. The fourth-order valence-corrected chi connectivity index (χ4v) is 4.44. The van der Waals surface area contributed by atoms with Crippen LogP contribution < -0.4 is 10.2 Å². The number of hydrogen-bond donors (Lipinski definition) is 1. The first-order valence-electron chi connectivity index (χ1n) is 8.06.